The zero-order valence-corrected chi connectivity index (χ0v) is 42.4. The molecule has 0 saturated heterocycles. The van der Waals surface area contributed by atoms with Gasteiger partial charge in [-0.2, -0.15) is 4.58 Å². The zero-order valence-electron chi connectivity index (χ0n) is 40.7. The van der Waals surface area contributed by atoms with E-state index in [2.05, 4.69) is 150 Å². The fraction of sp³-hybridized carbons (Fsp3) is 0.382. The number of ketones is 1. The minimum atomic E-state index is -0.388. The lowest BCUT2D eigenvalue weighted by Gasteiger charge is -2.27. The number of allylic oxidation sites excluding steroid dienone is 6. The monoisotopic (exact) mass is 973 g/mol. The molecule has 5 aromatic rings. The van der Waals surface area contributed by atoms with E-state index in [1.807, 2.05) is 32.9 Å². The van der Waals surface area contributed by atoms with Crippen LogP contribution in [0.5, 0.6) is 0 Å². The molecule has 364 valence electrons. The fourth-order valence-electron chi connectivity index (χ4n) is 9.76. The van der Waals surface area contributed by atoms with Crippen molar-refractivity contribution >= 4 is 80.0 Å². The van der Waals surface area contributed by atoms with E-state index in [-0.39, 0.29) is 27.9 Å². The van der Waals surface area contributed by atoms with Crippen LogP contribution in [0, 0.1) is 5.41 Å². The number of nitrogens with zero attached hydrogens (tertiary/aromatic N) is 3. The van der Waals surface area contributed by atoms with Crippen molar-refractivity contribution in [2.24, 2.45) is 5.41 Å². The number of pyridine rings is 1. The molecule has 69 heavy (non-hydrogen) atoms. The molecule has 2 aliphatic heterocycles. The number of aromatic nitrogens is 1. The van der Waals surface area contributed by atoms with Crippen LogP contribution in [-0.2, 0) is 34.4 Å². The van der Waals surface area contributed by atoms with Crippen molar-refractivity contribution in [1.29, 1.82) is 0 Å². The highest BCUT2D eigenvalue weighted by molar-refractivity contribution is 7.94. The summed E-state index contributed by atoms with van der Waals surface area (Å²) in [5.41, 5.74) is 7.94. The Morgan fingerprint density at radius 2 is 1.45 bits per heavy atom. The topological polar surface area (TPSA) is 143 Å². The van der Waals surface area contributed by atoms with Crippen LogP contribution < -0.4 is 10.2 Å². The number of carbonyl (C=O) groups excluding carboxylic acids is 2. The summed E-state index contributed by atoms with van der Waals surface area (Å²) in [6.07, 6.45) is 14.8. The molecule has 0 atom stereocenters. The van der Waals surface area contributed by atoms with Crippen LogP contribution in [0.1, 0.15) is 114 Å². The summed E-state index contributed by atoms with van der Waals surface area (Å²) in [4.78, 5) is 33.1. The average Bonchev–Trinajstić information content (AvgIpc) is 3.70. The summed E-state index contributed by atoms with van der Waals surface area (Å²) < 4.78 is 11.8. The fourth-order valence-corrected chi connectivity index (χ4v) is 10.5. The molecule has 0 aliphatic carbocycles. The number of unbranched alkanes of at least 4 members (excludes halogenated alkanes) is 2. The van der Waals surface area contributed by atoms with Crippen molar-refractivity contribution in [3.8, 4) is 0 Å². The number of Topliss-reactive ketones (excluding diaryl/α,β-unsaturated/α-hetero) is 1. The maximum absolute atomic E-state index is 13.4. The van der Waals surface area contributed by atoms with Crippen LogP contribution in [-0.4, -0.2) is 68.6 Å². The second-order valence-electron chi connectivity index (χ2n) is 19.6. The molecule has 1 amide bonds. The first-order valence-electron chi connectivity index (χ1n) is 23.7. The molecule has 0 spiro atoms. The lowest BCUT2D eigenvalue weighted by Crippen LogP contribution is -2.28. The maximum Gasteiger partial charge on any atom is 0.252 e. The van der Waals surface area contributed by atoms with Gasteiger partial charge in [-0.25, -0.2) is 10.5 Å². The van der Waals surface area contributed by atoms with Gasteiger partial charge in [-0.1, -0.05) is 112 Å². The highest BCUT2D eigenvalue weighted by Gasteiger charge is 2.45. The molecule has 3 N–H and O–H groups in total. The molecule has 12 nitrogen and oxygen atoms in total. The smallest absolute Gasteiger partial charge is 0.252 e. The largest absolute Gasteiger partial charge is 0.352 e. The summed E-state index contributed by atoms with van der Waals surface area (Å²) >= 11 is 2.11. The zero-order chi connectivity index (χ0) is 49.2. The van der Waals surface area contributed by atoms with Crippen molar-refractivity contribution < 1.29 is 43.4 Å². The van der Waals surface area contributed by atoms with Crippen molar-refractivity contribution in [1.82, 2.24) is 10.3 Å². The first-order valence-corrected chi connectivity index (χ1v) is 25.6. The van der Waals surface area contributed by atoms with Gasteiger partial charge in [0.25, 0.3) is 5.91 Å². The molecular weight excluding hydrogens is 909 g/mol. The molecule has 4 aromatic carbocycles. The Morgan fingerprint density at radius 1 is 0.783 bits per heavy atom. The predicted octanol–water partition coefficient (Wildman–Crippen LogP) is 12.9. The molecule has 1 aromatic heterocycles. The number of anilines is 1. The first-order chi connectivity index (χ1) is 33.2. The van der Waals surface area contributed by atoms with Crippen molar-refractivity contribution in [2.45, 2.75) is 97.8 Å². The van der Waals surface area contributed by atoms with E-state index >= 15 is 0 Å². The first kappa shape index (κ1) is 51.7. The van der Waals surface area contributed by atoms with Crippen LogP contribution >= 0.6 is 24.1 Å². The third-order valence-electron chi connectivity index (χ3n) is 13.2. The van der Waals surface area contributed by atoms with Crippen LogP contribution in [0.3, 0.4) is 0 Å². The Bertz CT molecular complexity index is 2760. The predicted molar refractivity (Wildman–Crippen MR) is 280 cm³/mol. The van der Waals surface area contributed by atoms with E-state index in [1.165, 1.54) is 32.7 Å². The third kappa shape index (κ3) is 11.9. The van der Waals surface area contributed by atoms with Gasteiger partial charge in [0.1, 0.15) is 12.3 Å². The van der Waals surface area contributed by atoms with Crippen LogP contribution in [0.25, 0.3) is 27.1 Å². The van der Waals surface area contributed by atoms with Crippen molar-refractivity contribution in [3.63, 3.8) is 0 Å². The number of carbonyl (C=O) groups is 2. The lowest BCUT2D eigenvalue weighted by atomic mass is 9.79. The van der Waals surface area contributed by atoms with Crippen molar-refractivity contribution in [3.05, 3.63) is 144 Å². The Morgan fingerprint density at radius 3 is 2.12 bits per heavy atom. The van der Waals surface area contributed by atoms with E-state index in [0.29, 0.717) is 48.8 Å². The van der Waals surface area contributed by atoms with Gasteiger partial charge in [0.05, 0.1) is 16.7 Å². The maximum atomic E-state index is 13.4. The van der Waals surface area contributed by atoms with Crippen LogP contribution in [0.15, 0.2) is 121 Å². The Kier molecular flexibility index (Phi) is 17.4. The van der Waals surface area contributed by atoms with Crippen LogP contribution in [0.2, 0.25) is 0 Å². The van der Waals surface area contributed by atoms with E-state index in [4.69, 9.17) is 24.2 Å². The van der Waals surface area contributed by atoms with E-state index in [1.54, 1.807) is 6.20 Å². The number of hydrogen-bond acceptors (Lipinski definition) is 12. The molecule has 7 rings (SSSR count). The Labute approximate surface area is 414 Å². The summed E-state index contributed by atoms with van der Waals surface area (Å²) in [7, 11) is 0. The quantitative estimate of drug-likeness (QED) is 0.0143. The van der Waals surface area contributed by atoms with Gasteiger partial charge in [0.2, 0.25) is 5.69 Å². The van der Waals surface area contributed by atoms with Crippen LogP contribution in [0.4, 0.5) is 11.4 Å². The number of hydrogen-bond donors (Lipinski definition) is 3. The molecule has 0 radical (unpaired) electrons. The molecule has 0 unspecified atom stereocenters. The molecule has 0 saturated carbocycles. The van der Waals surface area contributed by atoms with E-state index < -0.39 is 0 Å². The molecule has 0 fully saturated rings. The number of nitrogens with one attached hydrogen (secondary N) is 1. The average molecular weight is 974 g/mol. The van der Waals surface area contributed by atoms with Crippen molar-refractivity contribution in [2.75, 3.05) is 36.0 Å². The third-order valence-corrected chi connectivity index (χ3v) is 14.5. The summed E-state index contributed by atoms with van der Waals surface area (Å²) in [6.45, 7) is 16.8. The number of rotatable bonds is 23. The van der Waals surface area contributed by atoms with Gasteiger partial charge in [0.15, 0.2) is 5.71 Å². The Balaban J connectivity index is 1.26. The van der Waals surface area contributed by atoms with Gasteiger partial charge < -0.3 is 10.2 Å². The molecular formula is C55H65N4O8S2+. The van der Waals surface area contributed by atoms with Gasteiger partial charge in [-0.05, 0) is 96.6 Å². The molecule has 2 aliphatic rings. The normalized spacial score (nSPS) is 16.0. The van der Waals surface area contributed by atoms with Gasteiger partial charge in [0, 0.05) is 113 Å². The number of benzene rings is 4. The summed E-state index contributed by atoms with van der Waals surface area (Å²) in [5, 5.41) is 33.0. The summed E-state index contributed by atoms with van der Waals surface area (Å²) in [6, 6.07) is 29.5. The van der Waals surface area contributed by atoms with Gasteiger partial charge in [-0.3, -0.25) is 14.6 Å². The van der Waals surface area contributed by atoms with E-state index in [0.717, 1.165) is 84.5 Å². The molecule has 14 heteroatoms. The number of amides is 1. The highest BCUT2D eigenvalue weighted by Crippen LogP contribution is 2.51. The minimum absolute atomic E-state index is 0.191. The Hall–Kier alpha value is -5.16. The summed E-state index contributed by atoms with van der Waals surface area (Å²) in [5.74, 6) is 1.27. The van der Waals surface area contributed by atoms with Gasteiger partial charge in [-0.15, -0.1) is 8.67 Å². The number of fused-ring (bicyclic) bond motifs is 6. The standard InChI is InChI=1S/C55H64N4O8S2/c1-53(2,3)49(60)21-9-8-14-32-56-52(61)41-22-27-44(57-37-41)40(25-30-47-54(4,5)50-42-19-12-10-17-38(42)23-28-45(50)58(47)33-15-35-68-66-64-62)26-31-48-55(6,7)51-43-20-13-11-18-39(43)24-29-46(51)59(48)34-16-36-69-67-65-63/h10-13,17-20,22-31,37H,8-9,14-16,21,32-36H2,1-7H3,(H2-,56,61,62,63)/p+1. The van der Waals surface area contributed by atoms with Gasteiger partial charge >= 0.3 is 0 Å². The second-order valence-corrected chi connectivity index (χ2v) is 21.2. The minimum Gasteiger partial charge on any atom is -0.352 e. The highest BCUT2D eigenvalue weighted by atomic mass is 32.2. The lowest BCUT2D eigenvalue weighted by molar-refractivity contribution is -0.438. The van der Waals surface area contributed by atoms with E-state index in [9.17, 15) is 9.59 Å². The molecule has 3 heterocycles. The second kappa shape index (κ2) is 23.2. The molecule has 0 bridgehead atoms. The SMILES string of the molecule is CC(C)(C)C(=O)CCCCCNC(=O)c1ccc(C(=C\C=C2\N(CCCSOOO)c3ccc4ccccc4c3C2(C)C)/C=C/C2=[N+](CCCSOOO)c3ccc4ccccc4c3C2(C)C)nc1.